The van der Waals surface area contributed by atoms with Gasteiger partial charge < -0.3 is 14.8 Å². The Labute approximate surface area is 139 Å². The Balaban J connectivity index is 1.67. The fraction of sp³-hybridized carbons (Fsp3) is 0.167. The van der Waals surface area contributed by atoms with Crippen molar-refractivity contribution in [3.05, 3.63) is 54.7 Å². The summed E-state index contributed by atoms with van der Waals surface area (Å²) < 4.78 is 11.0. The molecule has 122 valence electrons. The van der Waals surface area contributed by atoms with Crippen molar-refractivity contribution >= 4 is 22.4 Å². The van der Waals surface area contributed by atoms with Gasteiger partial charge in [0.05, 0.1) is 18.5 Å². The van der Waals surface area contributed by atoms with Gasteiger partial charge in [-0.1, -0.05) is 30.3 Å². The third-order valence-electron chi connectivity index (χ3n) is 3.34. The second-order valence-electron chi connectivity index (χ2n) is 5.00. The molecule has 0 saturated heterocycles. The number of rotatable bonds is 6. The topological polar surface area (TPSA) is 73.3 Å². The molecule has 0 saturated carbocycles. The molecule has 1 aromatic heterocycles. The summed E-state index contributed by atoms with van der Waals surface area (Å²) in [4.78, 5) is 12.1. The molecule has 3 rings (SSSR count). The number of anilines is 1. The van der Waals surface area contributed by atoms with E-state index in [1.807, 2.05) is 43.3 Å². The summed E-state index contributed by atoms with van der Waals surface area (Å²) in [5.41, 5.74) is 0.608. The maximum atomic E-state index is 12.1. The highest BCUT2D eigenvalue weighted by Crippen LogP contribution is 2.24. The van der Waals surface area contributed by atoms with Crippen LogP contribution in [0.15, 0.2) is 54.7 Å². The Hall–Kier alpha value is -3.15. The van der Waals surface area contributed by atoms with Gasteiger partial charge in [-0.2, -0.15) is 5.10 Å². The lowest BCUT2D eigenvalue weighted by molar-refractivity contribution is -0.118. The smallest absolute Gasteiger partial charge is 0.262 e. The van der Waals surface area contributed by atoms with Gasteiger partial charge in [0.2, 0.25) is 5.88 Å². The van der Waals surface area contributed by atoms with E-state index in [0.717, 1.165) is 10.8 Å². The van der Waals surface area contributed by atoms with E-state index in [-0.39, 0.29) is 12.5 Å². The van der Waals surface area contributed by atoms with Crippen LogP contribution in [0.25, 0.3) is 10.8 Å². The highest BCUT2D eigenvalue weighted by Gasteiger charge is 2.10. The summed E-state index contributed by atoms with van der Waals surface area (Å²) >= 11 is 0. The van der Waals surface area contributed by atoms with E-state index in [1.165, 1.54) is 0 Å². The normalized spacial score (nSPS) is 10.4. The van der Waals surface area contributed by atoms with Crippen molar-refractivity contribution in [2.24, 2.45) is 0 Å². The Morgan fingerprint density at radius 2 is 1.88 bits per heavy atom. The van der Waals surface area contributed by atoms with Crippen molar-refractivity contribution in [3.63, 3.8) is 0 Å². The summed E-state index contributed by atoms with van der Waals surface area (Å²) in [5.74, 6) is 0.663. The maximum Gasteiger partial charge on any atom is 0.262 e. The minimum Gasteiger partial charge on any atom is -0.492 e. The molecule has 6 nitrogen and oxygen atoms in total. The number of para-hydroxylation sites is 2. The first-order chi connectivity index (χ1) is 11.8. The van der Waals surface area contributed by atoms with Crippen molar-refractivity contribution < 1.29 is 14.3 Å². The van der Waals surface area contributed by atoms with E-state index < -0.39 is 0 Å². The van der Waals surface area contributed by atoms with Crippen LogP contribution in [0, 0.1) is 0 Å². The molecule has 6 heteroatoms. The summed E-state index contributed by atoms with van der Waals surface area (Å²) in [6, 6.07) is 14.8. The van der Waals surface area contributed by atoms with Gasteiger partial charge in [0.25, 0.3) is 5.91 Å². The molecule has 1 heterocycles. The van der Waals surface area contributed by atoms with Crippen LogP contribution in [-0.2, 0) is 4.79 Å². The highest BCUT2D eigenvalue weighted by molar-refractivity contribution is 5.93. The molecule has 2 aromatic carbocycles. The molecule has 3 aromatic rings. The van der Waals surface area contributed by atoms with Crippen molar-refractivity contribution in [1.82, 2.24) is 10.2 Å². The summed E-state index contributed by atoms with van der Waals surface area (Å²) in [6.07, 6.45) is 1.65. The Kier molecular flexibility index (Phi) is 4.86. The zero-order valence-electron chi connectivity index (χ0n) is 13.2. The number of amides is 1. The lowest BCUT2D eigenvalue weighted by Crippen LogP contribution is -2.21. The third-order valence-corrected chi connectivity index (χ3v) is 3.34. The van der Waals surface area contributed by atoms with Crippen LogP contribution >= 0.6 is 0 Å². The van der Waals surface area contributed by atoms with Crippen LogP contribution in [0.3, 0.4) is 0 Å². The van der Waals surface area contributed by atoms with Crippen LogP contribution in [0.5, 0.6) is 11.6 Å². The molecule has 0 bridgehead atoms. The monoisotopic (exact) mass is 323 g/mol. The number of nitrogens with one attached hydrogen (secondary N) is 1. The number of carbonyl (C=O) groups is 1. The third kappa shape index (κ3) is 3.60. The lowest BCUT2D eigenvalue weighted by Gasteiger charge is -2.11. The van der Waals surface area contributed by atoms with Gasteiger partial charge in [-0.15, -0.1) is 5.10 Å². The van der Waals surface area contributed by atoms with E-state index in [9.17, 15) is 4.79 Å². The quantitative estimate of drug-likeness (QED) is 0.755. The molecule has 0 spiro atoms. The van der Waals surface area contributed by atoms with E-state index in [0.29, 0.717) is 23.9 Å². The van der Waals surface area contributed by atoms with Crippen molar-refractivity contribution in [3.8, 4) is 11.6 Å². The van der Waals surface area contributed by atoms with Crippen molar-refractivity contribution in [2.75, 3.05) is 18.5 Å². The first kappa shape index (κ1) is 15.7. The van der Waals surface area contributed by atoms with Gasteiger partial charge >= 0.3 is 0 Å². The Morgan fingerprint density at radius 3 is 2.75 bits per heavy atom. The van der Waals surface area contributed by atoms with Gasteiger partial charge in [0, 0.05) is 10.8 Å². The number of nitrogens with zero attached hydrogens (tertiary/aromatic N) is 2. The molecule has 24 heavy (non-hydrogen) atoms. The minimum atomic E-state index is -0.295. The van der Waals surface area contributed by atoms with Gasteiger partial charge in [-0.3, -0.25) is 4.79 Å². The highest BCUT2D eigenvalue weighted by atomic mass is 16.5. The number of fused-ring (bicyclic) bond motifs is 1. The summed E-state index contributed by atoms with van der Waals surface area (Å²) in [5, 5.41) is 12.3. The zero-order valence-corrected chi connectivity index (χ0v) is 13.2. The molecule has 0 radical (unpaired) electrons. The first-order valence-corrected chi connectivity index (χ1v) is 7.63. The van der Waals surface area contributed by atoms with Crippen LogP contribution in [-0.4, -0.2) is 29.3 Å². The fourth-order valence-corrected chi connectivity index (χ4v) is 2.28. The second-order valence-corrected chi connectivity index (χ2v) is 5.00. The Morgan fingerprint density at radius 1 is 1.08 bits per heavy atom. The predicted octanol–water partition coefficient (Wildman–Crippen LogP) is 3.05. The van der Waals surface area contributed by atoms with Gasteiger partial charge in [0.15, 0.2) is 6.61 Å². The SMILES string of the molecule is CCOc1ccccc1NC(=O)COc1nncc2ccccc12. The fourth-order valence-electron chi connectivity index (χ4n) is 2.28. The van der Waals surface area contributed by atoms with Crippen molar-refractivity contribution in [1.29, 1.82) is 0 Å². The second kappa shape index (κ2) is 7.41. The predicted molar refractivity (Wildman–Crippen MR) is 91.3 cm³/mol. The van der Waals surface area contributed by atoms with E-state index in [2.05, 4.69) is 15.5 Å². The standard InChI is InChI=1S/C18H17N3O3/c1-2-23-16-10-6-5-9-15(16)20-17(22)12-24-18-14-8-4-3-7-13(14)11-19-21-18/h3-11H,2,12H2,1H3,(H,20,22). The summed E-state index contributed by atoms with van der Waals surface area (Å²) in [7, 11) is 0. The zero-order chi connectivity index (χ0) is 16.8. The maximum absolute atomic E-state index is 12.1. The van der Waals surface area contributed by atoms with Crippen molar-refractivity contribution in [2.45, 2.75) is 6.92 Å². The number of carbonyl (C=O) groups excluding carboxylic acids is 1. The molecule has 1 N–H and O–H groups in total. The molecule has 0 atom stereocenters. The van der Waals surface area contributed by atoms with Crippen LogP contribution in [0.2, 0.25) is 0 Å². The van der Waals surface area contributed by atoms with Gasteiger partial charge in [0.1, 0.15) is 5.75 Å². The molecule has 0 aliphatic carbocycles. The average Bonchev–Trinajstić information content (AvgIpc) is 2.62. The van der Waals surface area contributed by atoms with E-state index in [4.69, 9.17) is 9.47 Å². The molecule has 1 amide bonds. The molecule has 0 unspecified atom stereocenters. The number of hydrogen-bond acceptors (Lipinski definition) is 5. The molecular weight excluding hydrogens is 306 g/mol. The number of ether oxygens (including phenoxy) is 2. The number of benzene rings is 2. The van der Waals surface area contributed by atoms with Crippen LogP contribution < -0.4 is 14.8 Å². The largest absolute Gasteiger partial charge is 0.492 e. The van der Waals surface area contributed by atoms with E-state index >= 15 is 0 Å². The van der Waals surface area contributed by atoms with Crippen LogP contribution in [0.1, 0.15) is 6.92 Å². The number of aromatic nitrogens is 2. The number of hydrogen-bond donors (Lipinski definition) is 1. The van der Waals surface area contributed by atoms with Gasteiger partial charge in [-0.05, 0) is 25.1 Å². The van der Waals surface area contributed by atoms with Gasteiger partial charge in [-0.25, -0.2) is 0 Å². The summed E-state index contributed by atoms with van der Waals surface area (Å²) in [6.45, 7) is 2.25. The molecule has 0 fully saturated rings. The minimum absolute atomic E-state index is 0.164. The van der Waals surface area contributed by atoms with E-state index in [1.54, 1.807) is 18.3 Å². The molecule has 0 aliphatic heterocycles. The average molecular weight is 323 g/mol. The molecule has 0 aliphatic rings. The first-order valence-electron chi connectivity index (χ1n) is 7.63. The molecular formula is C18H17N3O3. The lowest BCUT2D eigenvalue weighted by atomic mass is 10.2. The Bertz CT molecular complexity index is 846. The van der Waals surface area contributed by atoms with Crippen LogP contribution in [0.4, 0.5) is 5.69 Å².